The molecule has 0 spiro atoms. The summed E-state index contributed by atoms with van der Waals surface area (Å²) in [5, 5.41) is 0. The summed E-state index contributed by atoms with van der Waals surface area (Å²) in [6, 6.07) is 15.7. The van der Waals surface area contributed by atoms with Gasteiger partial charge in [0.25, 0.3) is 0 Å². The van der Waals surface area contributed by atoms with Crippen LogP contribution in [0.3, 0.4) is 0 Å². The summed E-state index contributed by atoms with van der Waals surface area (Å²) < 4.78 is 5.78. The summed E-state index contributed by atoms with van der Waals surface area (Å²) >= 11 is 0. The van der Waals surface area contributed by atoms with Crippen LogP contribution < -0.4 is 16.0 Å². The van der Waals surface area contributed by atoms with Gasteiger partial charge in [0.2, 0.25) is 0 Å². The molecule has 0 unspecified atom stereocenters. The Morgan fingerprint density at radius 1 is 0.850 bits per heavy atom. The quantitative estimate of drug-likeness (QED) is 0.647. The van der Waals surface area contributed by atoms with Crippen molar-refractivity contribution in [1.82, 2.24) is 0 Å². The largest absolute Gasteiger partial charge is 0.457 e. The molecule has 2 aromatic rings. The van der Waals surface area contributed by atoms with Gasteiger partial charge in [-0.15, -0.1) is 12.4 Å². The van der Waals surface area contributed by atoms with Crippen LogP contribution in [0.4, 0.5) is 5.69 Å². The molecule has 0 atom stereocenters. The predicted molar refractivity (Wildman–Crippen MR) is 86.7 cm³/mol. The molecule has 0 aliphatic heterocycles. The highest BCUT2D eigenvalue weighted by Gasteiger charge is 2.12. The Morgan fingerprint density at radius 2 is 1.30 bits per heavy atom. The summed E-state index contributed by atoms with van der Waals surface area (Å²) in [7, 11) is 0. The smallest absolute Gasteiger partial charge is 0.127 e. The Morgan fingerprint density at radius 3 is 1.70 bits per heavy atom. The van der Waals surface area contributed by atoms with Crippen molar-refractivity contribution in [3.05, 3.63) is 54.1 Å². The van der Waals surface area contributed by atoms with E-state index in [1.54, 1.807) is 0 Å². The number of halogens is 1. The summed E-state index contributed by atoms with van der Waals surface area (Å²) in [6.07, 6.45) is 0. The van der Waals surface area contributed by atoms with Crippen molar-refractivity contribution >= 4 is 18.1 Å². The summed E-state index contributed by atoms with van der Waals surface area (Å²) in [6.45, 7) is 6.59. The lowest BCUT2D eigenvalue weighted by atomic mass is 9.87. The number of hydrogen-bond acceptors (Lipinski definition) is 3. The molecule has 0 saturated carbocycles. The zero-order valence-electron chi connectivity index (χ0n) is 12.0. The predicted octanol–water partition coefficient (Wildman–Crippen LogP) is 4.48. The third-order valence-electron chi connectivity index (χ3n) is 2.98. The Kier molecular flexibility index (Phi) is 5.43. The van der Waals surface area contributed by atoms with E-state index < -0.39 is 0 Å². The fraction of sp³-hybridized carbons (Fsp3) is 0.250. The summed E-state index contributed by atoms with van der Waals surface area (Å²) in [4.78, 5) is 0. The van der Waals surface area contributed by atoms with E-state index in [1.807, 2.05) is 36.4 Å². The van der Waals surface area contributed by atoms with Gasteiger partial charge in [0, 0.05) is 5.69 Å². The summed E-state index contributed by atoms with van der Waals surface area (Å²) in [5.74, 6) is 6.95. The van der Waals surface area contributed by atoms with Gasteiger partial charge in [-0.1, -0.05) is 32.9 Å². The molecule has 0 fully saturated rings. The molecule has 0 amide bonds. The molecule has 2 aromatic carbocycles. The molecule has 0 heterocycles. The Labute approximate surface area is 126 Å². The molecular weight excluding hydrogens is 272 g/mol. The van der Waals surface area contributed by atoms with Crippen molar-refractivity contribution in [3.63, 3.8) is 0 Å². The minimum Gasteiger partial charge on any atom is -0.457 e. The lowest BCUT2D eigenvalue weighted by Crippen LogP contribution is -2.10. The van der Waals surface area contributed by atoms with E-state index in [-0.39, 0.29) is 17.8 Å². The average molecular weight is 293 g/mol. The molecule has 0 aromatic heterocycles. The number of ether oxygens (including phenoxy) is 1. The number of anilines is 1. The minimum absolute atomic E-state index is 0. The van der Waals surface area contributed by atoms with E-state index in [1.165, 1.54) is 5.56 Å². The number of hydrazine groups is 1. The third kappa shape index (κ3) is 4.15. The molecule has 0 aliphatic carbocycles. The number of benzene rings is 2. The summed E-state index contributed by atoms with van der Waals surface area (Å²) in [5.41, 5.74) is 4.90. The monoisotopic (exact) mass is 292 g/mol. The maximum absolute atomic E-state index is 5.78. The fourth-order valence-electron chi connectivity index (χ4n) is 1.78. The number of nitrogens with one attached hydrogen (secondary N) is 1. The highest BCUT2D eigenvalue weighted by atomic mass is 35.5. The fourth-order valence-corrected chi connectivity index (χ4v) is 1.78. The zero-order valence-corrected chi connectivity index (χ0v) is 12.8. The normalized spacial score (nSPS) is 10.6. The molecule has 20 heavy (non-hydrogen) atoms. The van der Waals surface area contributed by atoms with E-state index in [2.05, 4.69) is 38.3 Å². The van der Waals surface area contributed by atoms with Gasteiger partial charge in [0.1, 0.15) is 11.5 Å². The molecule has 4 heteroatoms. The van der Waals surface area contributed by atoms with E-state index in [0.29, 0.717) is 0 Å². The van der Waals surface area contributed by atoms with Gasteiger partial charge in [0.05, 0.1) is 0 Å². The van der Waals surface area contributed by atoms with Gasteiger partial charge < -0.3 is 10.2 Å². The highest BCUT2D eigenvalue weighted by Crippen LogP contribution is 2.27. The van der Waals surface area contributed by atoms with Crippen molar-refractivity contribution < 1.29 is 4.74 Å². The number of hydrogen-bond donors (Lipinski definition) is 2. The SMILES string of the molecule is CC(C)(C)c1ccc(Oc2ccc(NN)cc2)cc1.Cl. The number of nitrogen functional groups attached to an aromatic ring is 1. The van der Waals surface area contributed by atoms with Gasteiger partial charge in [-0.05, 0) is 47.4 Å². The van der Waals surface area contributed by atoms with Gasteiger partial charge in [-0.3, -0.25) is 5.84 Å². The molecule has 0 bridgehead atoms. The maximum Gasteiger partial charge on any atom is 0.127 e. The van der Waals surface area contributed by atoms with Crippen molar-refractivity contribution in [3.8, 4) is 11.5 Å². The van der Waals surface area contributed by atoms with Crippen molar-refractivity contribution in [2.45, 2.75) is 26.2 Å². The first kappa shape index (κ1) is 16.3. The standard InChI is InChI=1S/C16H20N2O.ClH/c1-16(2,3)12-4-8-14(9-5-12)19-15-10-6-13(18-17)7-11-15;/h4-11,18H,17H2,1-3H3;1H. The second kappa shape index (κ2) is 6.64. The molecule has 3 N–H and O–H groups in total. The molecular formula is C16H21ClN2O. The molecule has 108 valence electrons. The van der Waals surface area contributed by atoms with Crippen LogP contribution in [0, 0.1) is 0 Å². The second-order valence-corrected chi connectivity index (χ2v) is 5.55. The Bertz CT molecular complexity index is 530. The first-order valence-electron chi connectivity index (χ1n) is 6.34. The molecule has 0 radical (unpaired) electrons. The van der Waals surface area contributed by atoms with E-state index >= 15 is 0 Å². The van der Waals surface area contributed by atoms with Gasteiger partial charge in [0.15, 0.2) is 0 Å². The Balaban J connectivity index is 0.00000200. The van der Waals surface area contributed by atoms with Crippen LogP contribution in [0.1, 0.15) is 26.3 Å². The average Bonchev–Trinajstić information content (AvgIpc) is 2.39. The van der Waals surface area contributed by atoms with E-state index in [9.17, 15) is 0 Å². The highest BCUT2D eigenvalue weighted by molar-refractivity contribution is 5.85. The number of nitrogens with two attached hydrogens (primary N) is 1. The van der Waals surface area contributed by atoms with Gasteiger partial charge in [-0.25, -0.2) is 0 Å². The third-order valence-corrected chi connectivity index (χ3v) is 2.98. The lowest BCUT2D eigenvalue weighted by Gasteiger charge is -2.19. The number of rotatable bonds is 3. The first-order valence-corrected chi connectivity index (χ1v) is 6.34. The van der Waals surface area contributed by atoms with Crippen LogP contribution in [0.2, 0.25) is 0 Å². The lowest BCUT2D eigenvalue weighted by molar-refractivity contribution is 0.481. The second-order valence-electron chi connectivity index (χ2n) is 5.55. The van der Waals surface area contributed by atoms with Gasteiger partial charge >= 0.3 is 0 Å². The van der Waals surface area contributed by atoms with Gasteiger partial charge in [-0.2, -0.15) is 0 Å². The van der Waals surface area contributed by atoms with E-state index in [0.717, 1.165) is 17.2 Å². The first-order chi connectivity index (χ1) is 8.99. The van der Waals surface area contributed by atoms with Crippen LogP contribution in [0.25, 0.3) is 0 Å². The van der Waals surface area contributed by atoms with Crippen LogP contribution in [-0.4, -0.2) is 0 Å². The molecule has 2 rings (SSSR count). The Hall–Kier alpha value is -1.71. The topological polar surface area (TPSA) is 47.3 Å². The van der Waals surface area contributed by atoms with Crippen LogP contribution in [-0.2, 0) is 5.41 Å². The van der Waals surface area contributed by atoms with Crippen molar-refractivity contribution in [2.24, 2.45) is 5.84 Å². The maximum atomic E-state index is 5.78. The van der Waals surface area contributed by atoms with Crippen LogP contribution in [0.15, 0.2) is 48.5 Å². The van der Waals surface area contributed by atoms with E-state index in [4.69, 9.17) is 10.6 Å². The van der Waals surface area contributed by atoms with Crippen LogP contribution >= 0.6 is 12.4 Å². The van der Waals surface area contributed by atoms with Crippen LogP contribution in [0.5, 0.6) is 11.5 Å². The molecule has 0 aliphatic rings. The van der Waals surface area contributed by atoms with Crippen molar-refractivity contribution in [1.29, 1.82) is 0 Å². The minimum atomic E-state index is 0. The zero-order chi connectivity index (χ0) is 13.9. The molecule has 3 nitrogen and oxygen atoms in total. The van der Waals surface area contributed by atoms with Crippen molar-refractivity contribution in [2.75, 3.05) is 5.43 Å². The molecule has 0 saturated heterocycles.